The van der Waals surface area contributed by atoms with Crippen molar-refractivity contribution in [3.8, 4) is 11.8 Å². The molecule has 0 aliphatic carbocycles. The Hall–Kier alpha value is -4.41. The van der Waals surface area contributed by atoms with E-state index in [1.165, 1.54) is 0 Å². The van der Waals surface area contributed by atoms with Gasteiger partial charge < -0.3 is 10.6 Å². The molecule has 0 bridgehead atoms. The highest BCUT2D eigenvalue weighted by Gasteiger charge is 2.25. The van der Waals surface area contributed by atoms with Gasteiger partial charge in [-0.1, -0.05) is 59.6 Å². The highest BCUT2D eigenvalue weighted by molar-refractivity contribution is 6.30. The normalized spacial score (nSPS) is 10.5. The maximum absolute atomic E-state index is 13.3. The summed E-state index contributed by atoms with van der Waals surface area (Å²) in [5.41, 5.74) is 3.91. The molecule has 186 valence electrons. The molecule has 0 saturated heterocycles. The van der Waals surface area contributed by atoms with Crippen molar-refractivity contribution in [3.63, 3.8) is 0 Å². The Morgan fingerprint density at radius 3 is 2.35 bits per heavy atom. The number of hydrogen-bond acceptors (Lipinski definition) is 5. The summed E-state index contributed by atoms with van der Waals surface area (Å²) in [7, 11) is 0. The van der Waals surface area contributed by atoms with Crippen LogP contribution in [0.2, 0.25) is 5.02 Å². The summed E-state index contributed by atoms with van der Waals surface area (Å²) in [6.45, 7) is 4.72. The van der Waals surface area contributed by atoms with E-state index in [2.05, 4.69) is 21.8 Å². The zero-order valence-electron chi connectivity index (χ0n) is 20.6. The van der Waals surface area contributed by atoms with E-state index in [1.807, 2.05) is 44.2 Å². The molecular weight excluding hydrogens is 486 g/mol. The van der Waals surface area contributed by atoms with Crippen LogP contribution in [0.4, 0.5) is 5.82 Å². The Morgan fingerprint density at radius 2 is 1.68 bits per heavy atom. The maximum Gasteiger partial charge on any atom is 0.251 e. The lowest BCUT2D eigenvalue weighted by atomic mass is 10.0. The first-order chi connectivity index (χ1) is 17.9. The fourth-order valence-electron chi connectivity index (χ4n) is 3.88. The zero-order chi connectivity index (χ0) is 26.4. The van der Waals surface area contributed by atoms with E-state index in [1.54, 1.807) is 47.1 Å². The van der Waals surface area contributed by atoms with Crippen LogP contribution in [0.1, 0.15) is 49.5 Å². The first-order valence-corrected chi connectivity index (χ1v) is 12.2. The molecule has 0 aliphatic heterocycles. The quantitative estimate of drug-likeness (QED) is 0.229. The maximum atomic E-state index is 13.3. The molecule has 4 aromatic rings. The number of amides is 1. The standard InChI is InChI=1S/C29H26ClN5O2/c1-19-8-10-21(11-9-19)27(36)26-25(18-31)28(35(34-26)23-14-12-22(30)13-15-23)32-16-5-17-33-29(37)24-7-4-3-6-20(24)2/h3-4,6-15,32H,5,16-17H2,1-2H3,(H,33,37). The minimum absolute atomic E-state index is 0.0664. The molecular formula is C29H26ClN5O2. The van der Waals surface area contributed by atoms with Crippen LogP contribution in [0, 0.1) is 25.2 Å². The van der Waals surface area contributed by atoms with Crippen molar-refractivity contribution >= 4 is 29.1 Å². The highest BCUT2D eigenvalue weighted by atomic mass is 35.5. The van der Waals surface area contributed by atoms with Crippen molar-refractivity contribution < 1.29 is 9.59 Å². The fraction of sp³-hybridized carbons (Fsp3) is 0.172. The van der Waals surface area contributed by atoms with Gasteiger partial charge in [0.1, 0.15) is 17.5 Å². The topological polar surface area (TPSA) is 99.8 Å². The monoisotopic (exact) mass is 511 g/mol. The number of aromatic nitrogens is 2. The van der Waals surface area contributed by atoms with Crippen LogP contribution in [0.25, 0.3) is 5.69 Å². The van der Waals surface area contributed by atoms with Crippen molar-refractivity contribution in [1.29, 1.82) is 5.26 Å². The molecule has 0 fully saturated rings. The summed E-state index contributed by atoms with van der Waals surface area (Å²) < 4.78 is 1.54. The molecule has 0 unspecified atom stereocenters. The van der Waals surface area contributed by atoms with Gasteiger partial charge in [-0.2, -0.15) is 10.4 Å². The average molecular weight is 512 g/mol. The van der Waals surface area contributed by atoms with Crippen molar-refractivity contribution in [3.05, 3.63) is 111 Å². The number of aryl methyl sites for hydroxylation is 2. The Bertz CT molecular complexity index is 1470. The molecule has 4 rings (SSSR count). The number of nitriles is 1. The summed E-state index contributed by atoms with van der Waals surface area (Å²) in [6, 6.07) is 23.7. The van der Waals surface area contributed by atoms with Gasteiger partial charge in [0.05, 0.1) is 5.69 Å². The third kappa shape index (κ3) is 5.88. The Balaban J connectivity index is 1.54. The molecule has 0 aliphatic rings. The van der Waals surface area contributed by atoms with Gasteiger partial charge >= 0.3 is 0 Å². The van der Waals surface area contributed by atoms with Crippen LogP contribution in [-0.4, -0.2) is 34.6 Å². The van der Waals surface area contributed by atoms with E-state index in [0.29, 0.717) is 47.2 Å². The van der Waals surface area contributed by atoms with Gasteiger partial charge in [-0.15, -0.1) is 0 Å². The van der Waals surface area contributed by atoms with Gasteiger partial charge in [-0.05, 0) is 56.2 Å². The lowest BCUT2D eigenvalue weighted by Gasteiger charge is -2.11. The first-order valence-electron chi connectivity index (χ1n) is 11.9. The summed E-state index contributed by atoms with van der Waals surface area (Å²) in [6.07, 6.45) is 0.593. The molecule has 0 radical (unpaired) electrons. The number of nitrogens with one attached hydrogen (secondary N) is 2. The van der Waals surface area contributed by atoms with Crippen LogP contribution in [0.15, 0.2) is 72.8 Å². The van der Waals surface area contributed by atoms with Crippen LogP contribution in [0.5, 0.6) is 0 Å². The van der Waals surface area contributed by atoms with Gasteiger partial charge in [0.2, 0.25) is 5.78 Å². The molecule has 2 N–H and O–H groups in total. The second-order valence-corrected chi connectivity index (χ2v) is 9.05. The van der Waals surface area contributed by atoms with Gasteiger partial charge in [-0.3, -0.25) is 9.59 Å². The minimum atomic E-state index is -0.335. The lowest BCUT2D eigenvalue weighted by Crippen LogP contribution is -2.26. The van der Waals surface area contributed by atoms with E-state index in [4.69, 9.17) is 11.6 Å². The Labute approximate surface area is 220 Å². The third-order valence-corrected chi connectivity index (χ3v) is 6.17. The molecule has 1 heterocycles. The van der Waals surface area contributed by atoms with E-state index in [0.717, 1.165) is 11.1 Å². The third-order valence-electron chi connectivity index (χ3n) is 5.92. The summed E-state index contributed by atoms with van der Waals surface area (Å²) in [4.78, 5) is 25.7. The Morgan fingerprint density at radius 1 is 0.973 bits per heavy atom. The van der Waals surface area contributed by atoms with Crippen molar-refractivity contribution in [1.82, 2.24) is 15.1 Å². The van der Waals surface area contributed by atoms with Crippen LogP contribution in [0.3, 0.4) is 0 Å². The van der Waals surface area contributed by atoms with Gasteiger partial charge in [0.15, 0.2) is 5.69 Å². The first kappa shape index (κ1) is 25.7. The number of halogens is 1. The second kappa shape index (κ2) is 11.5. The van der Waals surface area contributed by atoms with Gasteiger partial charge in [0, 0.05) is 29.2 Å². The number of benzene rings is 3. The molecule has 0 atom stereocenters. The number of hydrogen-bond donors (Lipinski definition) is 2. The molecule has 0 saturated carbocycles. The van der Waals surface area contributed by atoms with E-state index in [9.17, 15) is 14.9 Å². The minimum Gasteiger partial charge on any atom is -0.369 e. The number of carbonyl (C=O) groups is 2. The number of rotatable bonds is 9. The van der Waals surface area contributed by atoms with E-state index >= 15 is 0 Å². The number of nitrogens with zero attached hydrogens (tertiary/aromatic N) is 3. The van der Waals surface area contributed by atoms with Gasteiger partial charge in [-0.25, -0.2) is 4.68 Å². The van der Waals surface area contributed by atoms with Crippen LogP contribution >= 0.6 is 11.6 Å². The second-order valence-electron chi connectivity index (χ2n) is 8.62. The zero-order valence-corrected chi connectivity index (χ0v) is 21.3. The largest absolute Gasteiger partial charge is 0.369 e. The molecule has 0 spiro atoms. The van der Waals surface area contributed by atoms with Gasteiger partial charge in [0.25, 0.3) is 5.91 Å². The molecule has 1 amide bonds. The summed E-state index contributed by atoms with van der Waals surface area (Å²) >= 11 is 6.06. The van der Waals surface area contributed by atoms with Crippen molar-refractivity contribution in [2.45, 2.75) is 20.3 Å². The summed E-state index contributed by atoms with van der Waals surface area (Å²) in [5.74, 6) is -0.0590. The highest BCUT2D eigenvalue weighted by Crippen LogP contribution is 2.26. The Kier molecular flexibility index (Phi) is 8.02. The molecule has 37 heavy (non-hydrogen) atoms. The van der Waals surface area contributed by atoms with Crippen LogP contribution < -0.4 is 10.6 Å². The predicted molar refractivity (Wildman–Crippen MR) is 145 cm³/mol. The van der Waals surface area contributed by atoms with E-state index in [-0.39, 0.29) is 22.9 Å². The molecule has 7 nitrogen and oxygen atoms in total. The van der Waals surface area contributed by atoms with Crippen molar-refractivity contribution in [2.75, 3.05) is 18.4 Å². The summed E-state index contributed by atoms with van der Waals surface area (Å²) in [5, 5.41) is 21.3. The smallest absolute Gasteiger partial charge is 0.251 e. The molecule has 3 aromatic carbocycles. The van der Waals surface area contributed by atoms with Crippen LogP contribution in [-0.2, 0) is 0 Å². The van der Waals surface area contributed by atoms with Crippen molar-refractivity contribution in [2.24, 2.45) is 0 Å². The lowest BCUT2D eigenvalue weighted by molar-refractivity contribution is 0.0952. The fourth-order valence-corrected chi connectivity index (χ4v) is 4.00. The average Bonchev–Trinajstić information content (AvgIpc) is 3.27. The number of ketones is 1. The number of carbonyl (C=O) groups excluding carboxylic acids is 2. The SMILES string of the molecule is Cc1ccc(C(=O)c2nn(-c3ccc(Cl)cc3)c(NCCCNC(=O)c3ccccc3C)c2C#N)cc1. The molecule has 1 aromatic heterocycles. The predicted octanol–water partition coefficient (Wildman–Crippen LogP) is 5.48. The molecule has 8 heteroatoms. The number of anilines is 1. The van der Waals surface area contributed by atoms with E-state index < -0.39 is 0 Å².